The highest BCUT2D eigenvalue weighted by molar-refractivity contribution is 9.10. The third-order valence-electron chi connectivity index (χ3n) is 3.22. The number of halogens is 1. The van der Waals surface area contributed by atoms with E-state index in [1.807, 2.05) is 6.07 Å². The van der Waals surface area contributed by atoms with Gasteiger partial charge in [-0.3, -0.25) is 0 Å². The Morgan fingerprint density at radius 1 is 1.18 bits per heavy atom. The topological polar surface area (TPSA) is 26.0 Å². The van der Waals surface area contributed by atoms with Crippen molar-refractivity contribution in [3.05, 3.63) is 45.9 Å². The molecule has 0 saturated heterocycles. The van der Waals surface area contributed by atoms with Gasteiger partial charge in [0.25, 0.3) is 0 Å². The van der Waals surface area contributed by atoms with E-state index >= 15 is 0 Å². The van der Waals surface area contributed by atoms with Crippen molar-refractivity contribution < 1.29 is 0 Å². The summed E-state index contributed by atoms with van der Waals surface area (Å²) in [6.07, 6.45) is 3.08. The summed E-state index contributed by atoms with van der Waals surface area (Å²) in [5.74, 6) is 0. The van der Waals surface area contributed by atoms with E-state index < -0.39 is 0 Å². The van der Waals surface area contributed by atoms with Crippen LogP contribution in [0.2, 0.25) is 0 Å². The Kier molecular flexibility index (Phi) is 2.68. The first-order valence-electron chi connectivity index (χ1n) is 5.45. The van der Waals surface area contributed by atoms with Crippen LogP contribution in [-0.2, 0) is 6.42 Å². The van der Waals surface area contributed by atoms with Crippen molar-refractivity contribution in [3.8, 4) is 11.1 Å². The van der Waals surface area contributed by atoms with E-state index in [9.17, 15) is 0 Å². The van der Waals surface area contributed by atoms with Gasteiger partial charge in [0.15, 0.2) is 0 Å². The minimum atomic E-state index is 0.892. The fourth-order valence-corrected chi connectivity index (χ4v) is 3.62. The van der Waals surface area contributed by atoms with E-state index in [1.54, 1.807) is 11.8 Å². The van der Waals surface area contributed by atoms with Gasteiger partial charge < -0.3 is 5.73 Å². The molecule has 1 aliphatic rings. The monoisotopic (exact) mass is 305 g/mol. The van der Waals surface area contributed by atoms with E-state index in [4.69, 9.17) is 5.73 Å². The summed E-state index contributed by atoms with van der Waals surface area (Å²) in [6.45, 7) is 0. The van der Waals surface area contributed by atoms with Gasteiger partial charge in [0, 0.05) is 15.1 Å². The molecule has 2 aromatic rings. The summed E-state index contributed by atoms with van der Waals surface area (Å²) in [5.41, 5.74) is 12.4. The molecule has 1 nitrogen and oxygen atoms in total. The molecular formula is C14H12BrNS. The van der Waals surface area contributed by atoms with Crippen LogP contribution in [0.25, 0.3) is 11.1 Å². The average Bonchev–Trinajstić information content (AvgIpc) is 2.66. The lowest BCUT2D eigenvalue weighted by molar-refractivity contribution is 1.19. The number of thioether (sulfide) groups is 1. The molecule has 0 atom stereocenters. The second-order valence-electron chi connectivity index (χ2n) is 4.19. The van der Waals surface area contributed by atoms with Crippen molar-refractivity contribution in [2.45, 2.75) is 11.3 Å². The summed E-state index contributed by atoms with van der Waals surface area (Å²) >= 11 is 5.27. The molecule has 0 aliphatic heterocycles. The molecule has 2 aromatic carbocycles. The second kappa shape index (κ2) is 4.07. The van der Waals surface area contributed by atoms with Crippen LogP contribution < -0.4 is 5.73 Å². The van der Waals surface area contributed by atoms with E-state index in [-0.39, 0.29) is 0 Å². The molecule has 3 rings (SSSR count). The van der Waals surface area contributed by atoms with Crippen molar-refractivity contribution in [1.82, 2.24) is 0 Å². The normalized spacial score (nSPS) is 12.4. The second-order valence-corrected chi connectivity index (χ2v) is 5.92. The predicted molar refractivity (Wildman–Crippen MR) is 78.6 cm³/mol. The number of hydrogen-bond donors (Lipinski definition) is 1. The predicted octanol–water partition coefficient (Wildman–Crippen LogP) is 4.32. The number of hydrogen-bond acceptors (Lipinski definition) is 2. The fraction of sp³-hybridized carbons (Fsp3) is 0.143. The minimum Gasteiger partial charge on any atom is -0.398 e. The molecule has 2 N–H and O–H groups in total. The van der Waals surface area contributed by atoms with Crippen LogP contribution in [-0.4, -0.2) is 6.26 Å². The molecule has 0 unspecified atom stereocenters. The molecule has 0 fully saturated rings. The lowest BCUT2D eigenvalue weighted by atomic mass is 10.1. The molecule has 0 radical (unpaired) electrons. The third kappa shape index (κ3) is 1.69. The standard InChI is InChI=1S/C14H12BrNS/c1-17-14-12-7-8-6-9(15)2-3-10(8)11(12)4-5-13(14)16/h2-6H,7,16H2,1H3. The van der Waals surface area contributed by atoms with E-state index in [0.717, 1.165) is 16.6 Å². The summed E-state index contributed by atoms with van der Waals surface area (Å²) in [6, 6.07) is 10.6. The highest BCUT2D eigenvalue weighted by Crippen LogP contribution is 2.43. The lowest BCUT2D eigenvalue weighted by Gasteiger charge is -2.08. The van der Waals surface area contributed by atoms with E-state index in [1.165, 1.54) is 27.1 Å². The van der Waals surface area contributed by atoms with Crippen LogP contribution in [0, 0.1) is 0 Å². The number of nitrogens with two attached hydrogens (primary N) is 1. The maximum atomic E-state index is 6.04. The van der Waals surface area contributed by atoms with Gasteiger partial charge >= 0.3 is 0 Å². The zero-order valence-corrected chi connectivity index (χ0v) is 11.9. The molecule has 0 bridgehead atoms. The number of nitrogen functional groups attached to an aromatic ring is 1. The maximum absolute atomic E-state index is 6.04. The zero-order chi connectivity index (χ0) is 12.0. The molecular weight excluding hydrogens is 294 g/mol. The fourth-order valence-electron chi connectivity index (χ4n) is 2.48. The molecule has 17 heavy (non-hydrogen) atoms. The maximum Gasteiger partial charge on any atom is 0.0455 e. The number of anilines is 1. The summed E-state index contributed by atoms with van der Waals surface area (Å²) < 4.78 is 1.14. The molecule has 0 aromatic heterocycles. The first-order valence-corrected chi connectivity index (χ1v) is 7.46. The van der Waals surface area contributed by atoms with Crippen molar-refractivity contribution in [1.29, 1.82) is 0 Å². The van der Waals surface area contributed by atoms with Crippen molar-refractivity contribution >= 4 is 33.4 Å². The highest BCUT2D eigenvalue weighted by atomic mass is 79.9. The van der Waals surface area contributed by atoms with E-state index in [0.29, 0.717) is 0 Å². The molecule has 0 saturated carbocycles. The Morgan fingerprint density at radius 3 is 2.71 bits per heavy atom. The summed E-state index contributed by atoms with van der Waals surface area (Å²) in [7, 11) is 0. The minimum absolute atomic E-state index is 0.892. The molecule has 86 valence electrons. The SMILES string of the molecule is CSc1c(N)ccc2c1Cc1cc(Br)ccc1-2. The Morgan fingerprint density at radius 2 is 1.94 bits per heavy atom. The van der Waals surface area contributed by atoms with Crippen LogP contribution in [0.4, 0.5) is 5.69 Å². The van der Waals surface area contributed by atoms with Crippen LogP contribution in [0.15, 0.2) is 39.7 Å². The highest BCUT2D eigenvalue weighted by Gasteiger charge is 2.22. The first kappa shape index (κ1) is 11.2. The molecule has 3 heteroatoms. The number of fused-ring (bicyclic) bond motifs is 3. The van der Waals surface area contributed by atoms with Crippen LogP contribution in [0.1, 0.15) is 11.1 Å². The number of rotatable bonds is 1. The van der Waals surface area contributed by atoms with Gasteiger partial charge in [0.2, 0.25) is 0 Å². The largest absolute Gasteiger partial charge is 0.398 e. The van der Waals surface area contributed by atoms with Gasteiger partial charge in [-0.1, -0.05) is 28.1 Å². The Labute approximate surface area is 114 Å². The Hall–Kier alpha value is -0.930. The summed E-state index contributed by atoms with van der Waals surface area (Å²) in [4.78, 5) is 1.23. The van der Waals surface area contributed by atoms with Gasteiger partial charge in [-0.2, -0.15) is 0 Å². The van der Waals surface area contributed by atoms with E-state index in [2.05, 4.69) is 46.5 Å². The van der Waals surface area contributed by atoms with Crippen LogP contribution in [0.5, 0.6) is 0 Å². The van der Waals surface area contributed by atoms with Gasteiger partial charge in [0.1, 0.15) is 0 Å². The molecule has 1 aliphatic carbocycles. The van der Waals surface area contributed by atoms with Gasteiger partial charge in [-0.25, -0.2) is 0 Å². The first-order chi connectivity index (χ1) is 8.20. The van der Waals surface area contributed by atoms with Crippen LogP contribution >= 0.6 is 27.7 Å². The Balaban J connectivity index is 2.25. The van der Waals surface area contributed by atoms with Gasteiger partial charge in [-0.15, -0.1) is 11.8 Å². The van der Waals surface area contributed by atoms with Crippen molar-refractivity contribution in [2.75, 3.05) is 12.0 Å². The van der Waals surface area contributed by atoms with Crippen molar-refractivity contribution in [2.24, 2.45) is 0 Å². The molecule has 0 spiro atoms. The third-order valence-corrected chi connectivity index (χ3v) is 4.60. The number of benzene rings is 2. The van der Waals surface area contributed by atoms with Crippen molar-refractivity contribution in [3.63, 3.8) is 0 Å². The lowest BCUT2D eigenvalue weighted by Crippen LogP contribution is -1.93. The zero-order valence-electron chi connectivity index (χ0n) is 9.46. The molecule has 0 heterocycles. The Bertz CT molecular complexity index is 607. The smallest absolute Gasteiger partial charge is 0.0455 e. The summed E-state index contributed by atoms with van der Waals surface area (Å²) in [5, 5.41) is 0. The van der Waals surface area contributed by atoms with Gasteiger partial charge in [-0.05, 0) is 53.1 Å². The van der Waals surface area contributed by atoms with Crippen LogP contribution in [0.3, 0.4) is 0 Å². The quantitative estimate of drug-likeness (QED) is 0.535. The molecule has 0 amide bonds. The van der Waals surface area contributed by atoms with Gasteiger partial charge in [0.05, 0.1) is 0 Å². The average molecular weight is 306 g/mol.